The third-order valence-electron chi connectivity index (χ3n) is 4.87. The van der Waals surface area contributed by atoms with Gasteiger partial charge in [0, 0.05) is 11.5 Å². The highest BCUT2D eigenvalue weighted by Crippen LogP contribution is 2.18. The van der Waals surface area contributed by atoms with Crippen LogP contribution in [0.1, 0.15) is 66.2 Å². The van der Waals surface area contributed by atoms with Crippen LogP contribution in [0.4, 0.5) is 0 Å². The second-order valence-corrected chi connectivity index (χ2v) is 9.61. The smallest absolute Gasteiger partial charge is 0.327 e. The quantitative estimate of drug-likeness (QED) is 0.149. The van der Waals surface area contributed by atoms with Crippen molar-refractivity contribution >= 4 is 35.6 Å². The molecule has 0 aliphatic heterocycles. The predicted molar refractivity (Wildman–Crippen MR) is 132 cm³/mol. The van der Waals surface area contributed by atoms with E-state index in [2.05, 4.69) is 38.2 Å². The fourth-order valence-corrected chi connectivity index (χ4v) is 3.92. The number of aliphatic carboxylic acids is 3. The van der Waals surface area contributed by atoms with Crippen molar-refractivity contribution in [3.05, 3.63) is 34.9 Å². The van der Waals surface area contributed by atoms with Crippen LogP contribution < -0.4 is 5.32 Å². The molecule has 5 N–H and O–H groups in total. The third-order valence-corrected chi connectivity index (χ3v) is 5.84. The second-order valence-electron chi connectivity index (χ2n) is 8.53. The number of aliphatic hydroxyl groups is 1. The van der Waals surface area contributed by atoms with E-state index in [9.17, 15) is 29.4 Å². The summed E-state index contributed by atoms with van der Waals surface area (Å²) in [6.45, 7) is 8.26. The number of carboxylic acids is 3. The Balaban J connectivity index is 4.71. The maximum atomic E-state index is 12.3. The molecule has 0 saturated carbocycles. The highest BCUT2D eigenvalue weighted by atomic mass is 32.2. The number of nitrogens with one attached hydrogen (secondary N) is 1. The van der Waals surface area contributed by atoms with Crippen molar-refractivity contribution in [3.8, 4) is 0 Å². The molecule has 0 aromatic heterocycles. The van der Waals surface area contributed by atoms with Gasteiger partial charge < -0.3 is 25.7 Å². The van der Waals surface area contributed by atoms with Gasteiger partial charge in [-0.3, -0.25) is 14.4 Å². The van der Waals surface area contributed by atoms with E-state index in [0.29, 0.717) is 5.75 Å². The highest BCUT2D eigenvalue weighted by molar-refractivity contribution is 7.99. The Morgan fingerprint density at radius 3 is 1.82 bits per heavy atom. The Morgan fingerprint density at radius 2 is 1.35 bits per heavy atom. The molecule has 0 bridgehead atoms. The van der Waals surface area contributed by atoms with Crippen molar-refractivity contribution in [2.24, 2.45) is 0 Å². The monoisotopic (exact) mass is 499 g/mol. The zero-order chi connectivity index (χ0) is 26.3. The number of thioether (sulfide) groups is 1. The fourth-order valence-electron chi connectivity index (χ4n) is 2.92. The zero-order valence-electron chi connectivity index (χ0n) is 20.3. The molecule has 0 heterocycles. The lowest BCUT2D eigenvalue weighted by atomic mass is 9.94. The number of amides is 1. The molecule has 1 atom stereocenters. The summed E-state index contributed by atoms with van der Waals surface area (Å²) in [5, 5.41) is 39.3. The number of carboxylic acid groups (broad SMARTS) is 3. The SMILES string of the molecule is CC(C)=CCC/C(C)=C/CC/C(C)=C/CSCC(NC(=O)C(O)(CC(=O)O)CC(=O)O)C(=O)O. The molecule has 0 aliphatic carbocycles. The Kier molecular flexibility index (Phi) is 14.9. The van der Waals surface area contributed by atoms with Crippen molar-refractivity contribution in [2.45, 2.75) is 77.9 Å². The number of carbonyl (C=O) groups is 4. The first-order chi connectivity index (χ1) is 15.8. The molecule has 0 aromatic carbocycles. The van der Waals surface area contributed by atoms with Gasteiger partial charge in [-0.1, -0.05) is 34.9 Å². The van der Waals surface area contributed by atoms with E-state index < -0.39 is 48.3 Å². The summed E-state index contributed by atoms with van der Waals surface area (Å²) in [6, 6.07) is -1.41. The summed E-state index contributed by atoms with van der Waals surface area (Å²) in [6.07, 6.45) is 7.93. The molecule has 0 radical (unpaired) electrons. The highest BCUT2D eigenvalue weighted by Gasteiger charge is 2.42. The molecule has 0 aromatic rings. The molecule has 0 aliphatic rings. The van der Waals surface area contributed by atoms with E-state index in [4.69, 9.17) is 10.2 Å². The maximum absolute atomic E-state index is 12.3. The van der Waals surface area contributed by atoms with Gasteiger partial charge >= 0.3 is 17.9 Å². The van der Waals surface area contributed by atoms with Crippen LogP contribution in [0.5, 0.6) is 0 Å². The largest absolute Gasteiger partial charge is 0.481 e. The van der Waals surface area contributed by atoms with E-state index in [0.717, 1.165) is 31.3 Å². The van der Waals surface area contributed by atoms with Crippen molar-refractivity contribution in [2.75, 3.05) is 11.5 Å². The standard InChI is InChI=1S/C24H37NO8S/c1-16(2)7-5-8-17(3)9-6-10-18(4)11-12-34-15-19(22(30)31)25-23(32)24(33,13-20(26)27)14-21(28)29/h7,9,11,19,33H,5-6,8,10,12-15H2,1-4H3,(H,25,32)(H,26,27)(H,28,29)(H,30,31)/b17-9+,18-11+. The van der Waals surface area contributed by atoms with Crippen LogP contribution in [0.2, 0.25) is 0 Å². The summed E-state index contributed by atoms with van der Waals surface area (Å²) in [7, 11) is 0. The number of allylic oxidation sites excluding steroid dienone is 5. The van der Waals surface area contributed by atoms with Crippen LogP contribution in [0.15, 0.2) is 34.9 Å². The van der Waals surface area contributed by atoms with Gasteiger partial charge in [-0.15, -0.1) is 0 Å². The van der Waals surface area contributed by atoms with Crippen molar-refractivity contribution in [3.63, 3.8) is 0 Å². The fraction of sp³-hybridized carbons (Fsp3) is 0.583. The van der Waals surface area contributed by atoms with Gasteiger partial charge in [0.2, 0.25) is 0 Å². The van der Waals surface area contributed by atoms with Crippen molar-refractivity contribution < 1.29 is 39.6 Å². The molecule has 1 amide bonds. The van der Waals surface area contributed by atoms with Gasteiger partial charge in [-0.25, -0.2) is 4.79 Å². The molecule has 0 spiro atoms. The van der Waals surface area contributed by atoms with Crippen LogP contribution in [0, 0.1) is 0 Å². The number of carbonyl (C=O) groups excluding carboxylic acids is 1. The summed E-state index contributed by atoms with van der Waals surface area (Å²) in [5.41, 5.74) is 1.05. The van der Waals surface area contributed by atoms with E-state index >= 15 is 0 Å². The zero-order valence-corrected chi connectivity index (χ0v) is 21.1. The molecule has 0 rings (SSSR count). The van der Waals surface area contributed by atoms with E-state index in [1.807, 2.05) is 13.0 Å². The van der Waals surface area contributed by atoms with E-state index in [1.165, 1.54) is 22.9 Å². The Morgan fingerprint density at radius 1 is 0.853 bits per heavy atom. The Bertz CT molecular complexity index is 796. The lowest BCUT2D eigenvalue weighted by Gasteiger charge is -2.25. The summed E-state index contributed by atoms with van der Waals surface area (Å²) in [5.74, 6) is -5.42. The number of hydrogen-bond acceptors (Lipinski definition) is 6. The summed E-state index contributed by atoms with van der Waals surface area (Å²) >= 11 is 1.24. The van der Waals surface area contributed by atoms with Crippen LogP contribution in [-0.4, -0.2) is 67.4 Å². The molecule has 0 fully saturated rings. The molecule has 0 saturated heterocycles. The lowest BCUT2D eigenvalue weighted by molar-refractivity contribution is -0.160. The van der Waals surface area contributed by atoms with Gasteiger partial charge in [0.1, 0.15) is 6.04 Å². The lowest BCUT2D eigenvalue weighted by Crippen LogP contribution is -2.54. The van der Waals surface area contributed by atoms with Crippen LogP contribution in [0.25, 0.3) is 0 Å². The normalized spacial score (nSPS) is 13.2. The van der Waals surface area contributed by atoms with Gasteiger partial charge in [-0.2, -0.15) is 11.8 Å². The number of hydrogen-bond donors (Lipinski definition) is 5. The molecular weight excluding hydrogens is 462 g/mol. The number of rotatable bonds is 17. The summed E-state index contributed by atoms with van der Waals surface area (Å²) in [4.78, 5) is 45.6. The minimum Gasteiger partial charge on any atom is -0.481 e. The first-order valence-corrected chi connectivity index (χ1v) is 12.1. The minimum absolute atomic E-state index is 0.0373. The molecule has 9 nitrogen and oxygen atoms in total. The van der Waals surface area contributed by atoms with Gasteiger partial charge in [-0.05, 0) is 53.4 Å². The topological polar surface area (TPSA) is 161 Å². The Labute approximate surface area is 205 Å². The second kappa shape index (κ2) is 16.1. The average molecular weight is 500 g/mol. The molecule has 1 unspecified atom stereocenters. The maximum Gasteiger partial charge on any atom is 0.327 e. The van der Waals surface area contributed by atoms with Crippen LogP contribution >= 0.6 is 11.8 Å². The van der Waals surface area contributed by atoms with Crippen LogP contribution in [0.3, 0.4) is 0 Å². The Hall–Kier alpha value is -2.59. The molecule has 34 heavy (non-hydrogen) atoms. The van der Waals surface area contributed by atoms with Crippen LogP contribution in [-0.2, 0) is 19.2 Å². The first-order valence-electron chi connectivity index (χ1n) is 11.0. The van der Waals surface area contributed by atoms with Crippen molar-refractivity contribution in [1.29, 1.82) is 0 Å². The average Bonchev–Trinajstić information content (AvgIpc) is 2.68. The third kappa shape index (κ3) is 14.5. The first kappa shape index (κ1) is 31.4. The van der Waals surface area contributed by atoms with Gasteiger partial charge in [0.25, 0.3) is 5.91 Å². The van der Waals surface area contributed by atoms with E-state index in [-0.39, 0.29) is 5.75 Å². The predicted octanol–water partition coefficient (Wildman–Crippen LogP) is 3.39. The van der Waals surface area contributed by atoms with Gasteiger partial charge in [0.05, 0.1) is 12.8 Å². The van der Waals surface area contributed by atoms with E-state index in [1.54, 1.807) is 0 Å². The van der Waals surface area contributed by atoms with Gasteiger partial charge in [0.15, 0.2) is 5.60 Å². The molecule has 192 valence electrons. The minimum atomic E-state index is -2.75. The summed E-state index contributed by atoms with van der Waals surface area (Å²) < 4.78 is 0. The molecule has 10 heteroatoms. The molecular formula is C24H37NO8S. The van der Waals surface area contributed by atoms with Crippen molar-refractivity contribution in [1.82, 2.24) is 5.32 Å².